The van der Waals surface area contributed by atoms with Crippen molar-refractivity contribution >= 4 is 38.2 Å². The van der Waals surface area contributed by atoms with Gasteiger partial charge in [-0.3, -0.25) is 4.98 Å². The normalized spacial score (nSPS) is 10.6. The Morgan fingerprint density at radius 3 is 2.46 bits per heavy atom. The van der Waals surface area contributed by atoms with Crippen LogP contribution in [0.1, 0.15) is 13.8 Å². The molecule has 0 aliphatic carbocycles. The first kappa shape index (κ1) is 16.6. The van der Waals surface area contributed by atoms with Crippen LogP contribution in [0.15, 0.2) is 53.1 Å². The lowest BCUT2D eigenvalue weighted by atomic mass is 10.1. The van der Waals surface area contributed by atoms with Crippen molar-refractivity contribution in [2.45, 2.75) is 13.8 Å². The molecule has 1 aromatic heterocycles. The second kappa shape index (κ2) is 7.53. The van der Waals surface area contributed by atoms with E-state index in [2.05, 4.69) is 26.2 Å². The Hall–Kier alpha value is -2.27. The molecule has 1 heterocycles. The molecule has 0 spiro atoms. The average Bonchev–Trinajstić information content (AvgIpc) is 2.56. The predicted octanol–water partition coefficient (Wildman–Crippen LogP) is 5.54. The van der Waals surface area contributed by atoms with E-state index in [9.17, 15) is 0 Å². The molecule has 0 aliphatic heterocycles. The Bertz CT molecular complexity index is 852. The molecule has 0 fully saturated rings. The van der Waals surface area contributed by atoms with Crippen LogP contribution in [0.2, 0.25) is 0 Å². The Morgan fingerprint density at radius 2 is 1.75 bits per heavy atom. The zero-order chi connectivity index (χ0) is 16.9. The minimum Gasteiger partial charge on any atom is -0.490 e. The zero-order valence-corrected chi connectivity index (χ0v) is 15.3. The van der Waals surface area contributed by atoms with Crippen molar-refractivity contribution < 1.29 is 9.47 Å². The van der Waals surface area contributed by atoms with Crippen LogP contribution >= 0.6 is 15.9 Å². The molecule has 124 valence electrons. The van der Waals surface area contributed by atoms with Crippen molar-refractivity contribution in [2.75, 3.05) is 18.5 Å². The van der Waals surface area contributed by atoms with Crippen LogP contribution in [0.4, 0.5) is 11.4 Å². The van der Waals surface area contributed by atoms with Gasteiger partial charge in [-0.15, -0.1) is 0 Å². The van der Waals surface area contributed by atoms with E-state index in [1.807, 2.05) is 56.3 Å². The topological polar surface area (TPSA) is 43.4 Å². The maximum absolute atomic E-state index is 5.73. The number of ether oxygens (including phenoxy) is 2. The maximum Gasteiger partial charge on any atom is 0.163 e. The van der Waals surface area contributed by atoms with Crippen LogP contribution in [-0.4, -0.2) is 18.2 Å². The van der Waals surface area contributed by atoms with Crippen LogP contribution in [0.5, 0.6) is 11.5 Å². The minimum atomic E-state index is 0.584. The van der Waals surface area contributed by atoms with E-state index in [-0.39, 0.29) is 0 Å². The number of fused-ring (bicyclic) bond motifs is 1. The van der Waals surface area contributed by atoms with Gasteiger partial charge in [0.1, 0.15) is 0 Å². The smallest absolute Gasteiger partial charge is 0.163 e. The highest BCUT2D eigenvalue weighted by Gasteiger charge is 2.11. The van der Waals surface area contributed by atoms with Gasteiger partial charge in [0.05, 0.1) is 18.7 Å². The summed E-state index contributed by atoms with van der Waals surface area (Å²) in [7, 11) is 0. The molecule has 0 amide bonds. The Kier molecular flexibility index (Phi) is 5.20. The molecule has 0 saturated heterocycles. The van der Waals surface area contributed by atoms with Crippen LogP contribution in [0.25, 0.3) is 10.9 Å². The van der Waals surface area contributed by atoms with Crippen molar-refractivity contribution in [3.63, 3.8) is 0 Å². The van der Waals surface area contributed by atoms with Gasteiger partial charge < -0.3 is 14.8 Å². The first-order valence-electron chi connectivity index (χ1n) is 7.92. The fraction of sp³-hybridized carbons (Fsp3) is 0.211. The second-order valence-corrected chi connectivity index (χ2v) is 6.09. The number of rotatable bonds is 6. The van der Waals surface area contributed by atoms with Gasteiger partial charge in [-0.1, -0.05) is 22.0 Å². The molecular formula is C19H19BrN2O2. The van der Waals surface area contributed by atoms with Crippen molar-refractivity contribution in [1.29, 1.82) is 0 Å². The van der Waals surface area contributed by atoms with E-state index < -0.39 is 0 Å². The molecule has 24 heavy (non-hydrogen) atoms. The van der Waals surface area contributed by atoms with Gasteiger partial charge in [0.25, 0.3) is 0 Å². The molecular weight excluding hydrogens is 368 g/mol. The molecule has 0 radical (unpaired) electrons. The SMILES string of the molecule is CCOc1cc2nccc(Nc3cccc(Br)c3)c2cc1OCC. The zero-order valence-electron chi connectivity index (χ0n) is 13.7. The largest absolute Gasteiger partial charge is 0.490 e. The van der Waals surface area contributed by atoms with E-state index in [1.54, 1.807) is 6.20 Å². The van der Waals surface area contributed by atoms with E-state index >= 15 is 0 Å². The van der Waals surface area contributed by atoms with E-state index in [0.717, 1.165) is 38.2 Å². The molecule has 1 N–H and O–H groups in total. The fourth-order valence-corrected chi connectivity index (χ4v) is 2.92. The summed E-state index contributed by atoms with van der Waals surface area (Å²) in [5.74, 6) is 1.45. The van der Waals surface area contributed by atoms with Crippen LogP contribution in [0.3, 0.4) is 0 Å². The highest BCUT2D eigenvalue weighted by molar-refractivity contribution is 9.10. The summed E-state index contributed by atoms with van der Waals surface area (Å²) in [5, 5.41) is 4.43. The number of nitrogens with zero attached hydrogens (tertiary/aromatic N) is 1. The number of hydrogen-bond acceptors (Lipinski definition) is 4. The molecule has 2 aromatic carbocycles. The molecule has 0 bridgehead atoms. The number of benzene rings is 2. The van der Waals surface area contributed by atoms with Gasteiger partial charge in [0.15, 0.2) is 11.5 Å². The van der Waals surface area contributed by atoms with E-state index in [0.29, 0.717) is 13.2 Å². The molecule has 4 nitrogen and oxygen atoms in total. The third-order valence-electron chi connectivity index (χ3n) is 3.51. The summed E-state index contributed by atoms with van der Waals surface area (Å²) in [4.78, 5) is 4.46. The summed E-state index contributed by atoms with van der Waals surface area (Å²) in [6.07, 6.45) is 1.79. The quantitative estimate of drug-likeness (QED) is 0.603. The van der Waals surface area contributed by atoms with Crippen molar-refractivity contribution in [3.05, 3.63) is 53.1 Å². The van der Waals surface area contributed by atoms with E-state index in [4.69, 9.17) is 9.47 Å². The van der Waals surface area contributed by atoms with Gasteiger partial charge in [0, 0.05) is 33.5 Å². The van der Waals surface area contributed by atoms with E-state index in [1.165, 1.54) is 0 Å². The molecule has 3 aromatic rings. The number of halogens is 1. The number of aromatic nitrogens is 1. The Morgan fingerprint density at radius 1 is 1.00 bits per heavy atom. The van der Waals surface area contributed by atoms with Crippen LogP contribution in [-0.2, 0) is 0 Å². The molecule has 0 atom stereocenters. The molecule has 0 aliphatic rings. The maximum atomic E-state index is 5.73. The summed E-state index contributed by atoms with van der Waals surface area (Å²) in [6, 6.07) is 13.9. The summed E-state index contributed by atoms with van der Waals surface area (Å²) < 4.78 is 12.4. The summed E-state index contributed by atoms with van der Waals surface area (Å²) >= 11 is 3.50. The van der Waals surface area contributed by atoms with Crippen LogP contribution < -0.4 is 14.8 Å². The number of hydrogen-bond donors (Lipinski definition) is 1. The predicted molar refractivity (Wildman–Crippen MR) is 102 cm³/mol. The molecule has 5 heteroatoms. The van der Waals surface area contributed by atoms with Crippen molar-refractivity contribution in [3.8, 4) is 11.5 Å². The number of anilines is 2. The lowest BCUT2D eigenvalue weighted by Gasteiger charge is -2.14. The first-order valence-corrected chi connectivity index (χ1v) is 8.71. The van der Waals surface area contributed by atoms with Gasteiger partial charge in [0.2, 0.25) is 0 Å². The monoisotopic (exact) mass is 386 g/mol. The molecule has 3 rings (SSSR count). The number of nitrogens with one attached hydrogen (secondary N) is 1. The minimum absolute atomic E-state index is 0.584. The Balaban J connectivity index is 2.06. The van der Waals surface area contributed by atoms with Crippen molar-refractivity contribution in [1.82, 2.24) is 4.98 Å². The van der Waals surface area contributed by atoms with Gasteiger partial charge in [-0.25, -0.2) is 0 Å². The first-order chi connectivity index (χ1) is 11.7. The fourth-order valence-electron chi connectivity index (χ4n) is 2.52. The summed E-state index contributed by atoms with van der Waals surface area (Å²) in [6.45, 7) is 5.09. The summed E-state index contributed by atoms with van der Waals surface area (Å²) in [5.41, 5.74) is 2.84. The molecule has 0 saturated carbocycles. The average molecular weight is 387 g/mol. The second-order valence-electron chi connectivity index (χ2n) is 5.18. The van der Waals surface area contributed by atoms with Gasteiger partial charge in [-0.05, 0) is 44.2 Å². The Labute approximate surface area is 149 Å². The van der Waals surface area contributed by atoms with Gasteiger partial charge >= 0.3 is 0 Å². The third kappa shape index (κ3) is 3.62. The number of pyridine rings is 1. The lowest BCUT2D eigenvalue weighted by Crippen LogP contribution is -2.00. The van der Waals surface area contributed by atoms with Crippen molar-refractivity contribution in [2.24, 2.45) is 0 Å². The van der Waals surface area contributed by atoms with Crippen LogP contribution in [0, 0.1) is 0 Å². The highest BCUT2D eigenvalue weighted by atomic mass is 79.9. The molecule has 0 unspecified atom stereocenters. The standard InChI is InChI=1S/C19H19BrN2O2/c1-3-23-18-11-15-16(22-14-7-5-6-13(20)10-14)8-9-21-17(15)12-19(18)24-4-2/h5-12H,3-4H2,1-2H3,(H,21,22). The third-order valence-corrected chi connectivity index (χ3v) is 4.00. The van der Waals surface area contributed by atoms with Gasteiger partial charge in [-0.2, -0.15) is 0 Å². The lowest BCUT2D eigenvalue weighted by molar-refractivity contribution is 0.288. The highest BCUT2D eigenvalue weighted by Crippen LogP contribution is 2.36.